The van der Waals surface area contributed by atoms with Gasteiger partial charge in [-0.3, -0.25) is 0 Å². The Morgan fingerprint density at radius 1 is 1.50 bits per heavy atom. The van der Waals surface area contributed by atoms with Crippen LogP contribution in [0.4, 0.5) is 5.82 Å². The van der Waals surface area contributed by atoms with E-state index in [9.17, 15) is 5.11 Å². The third-order valence-corrected chi connectivity index (χ3v) is 4.33. The van der Waals surface area contributed by atoms with Gasteiger partial charge in [-0.2, -0.15) is 4.98 Å². The Labute approximate surface area is 114 Å². The van der Waals surface area contributed by atoms with Crippen LogP contribution in [0.3, 0.4) is 0 Å². The lowest BCUT2D eigenvalue weighted by atomic mass is 9.99. The molecule has 3 rings (SSSR count). The van der Waals surface area contributed by atoms with Crippen molar-refractivity contribution < 1.29 is 5.11 Å². The van der Waals surface area contributed by atoms with Crippen molar-refractivity contribution >= 4 is 39.0 Å². The van der Waals surface area contributed by atoms with Crippen molar-refractivity contribution in [3.05, 3.63) is 16.7 Å². The smallest absolute Gasteiger partial charge is 0.225 e. The highest BCUT2D eigenvalue weighted by molar-refractivity contribution is 7.16. The van der Waals surface area contributed by atoms with Gasteiger partial charge < -0.3 is 10.0 Å². The van der Waals surface area contributed by atoms with Gasteiger partial charge in [0.1, 0.15) is 10.6 Å². The van der Waals surface area contributed by atoms with Gasteiger partial charge in [0.25, 0.3) is 0 Å². The molecule has 1 aliphatic rings. The van der Waals surface area contributed by atoms with Gasteiger partial charge in [-0.25, -0.2) is 4.98 Å². The molecule has 96 valence electrons. The second-order valence-electron chi connectivity index (χ2n) is 4.59. The standard InChI is InChI=1S/C12H14ClN3OS/c13-12-14-10(9-3-5-18-11(9)15-12)16-4-1-2-8(6-16)7-17/h3,5,8,17H,1-2,4,6-7H2. The molecule has 1 aliphatic heterocycles. The van der Waals surface area contributed by atoms with E-state index in [1.165, 1.54) is 0 Å². The van der Waals surface area contributed by atoms with Crippen molar-refractivity contribution in [3.8, 4) is 0 Å². The highest BCUT2D eigenvalue weighted by Crippen LogP contribution is 2.31. The second-order valence-corrected chi connectivity index (χ2v) is 5.83. The van der Waals surface area contributed by atoms with Crippen LogP contribution in [0.2, 0.25) is 5.28 Å². The number of aromatic nitrogens is 2. The normalized spacial score (nSPS) is 20.6. The fourth-order valence-corrected chi connectivity index (χ4v) is 3.44. The predicted molar refractivity (Wildman–Crippen MR) is 74.4 cm³/mol. The lowest BCUT2D eigenvalue weighted by Gasteiger charge is -2.33. The van der Waals surface area contributed by atoms with E-state index >= 15 is 0 Å². The number of thiophene rings is 1. The van der Waals surface area contributed by atoms with Crippen LogP contribution in [0.5, 0.6) is 0 Å². The first-order valence-electron chi connectivity index (χ1n) is 6.04. The Bertz CT molecular complexity index is 559. The maximum absolute atomic E-state index is 9.30. The Hall–Kier alpha value is -0.910. The molecule has 0 saturated carbocycles. The summed E-state index contributed by atoms with van der Waals surface area (Å²) in [5.74, 6) is 1.24. The monoisotopic (exact) mass is 283 g/mol. The van der Waals surface area contributed by atoms with Gasteiger partial charge in [-0.15, -0.1) is 11.3 Å². The zero-order valence-corrected chi connectivity index (χ0v) is 11.4. The summed E-state index contributed by atoms with van der Waals surface area (Å²) in [7, 11) is 0. The summed E-state index contributed by atoms with van der Waals surface area (Å²) in [6.07, 6.45) is 2.16. The van der Waals surface area contributed by atoms with E-state index < -0.39 is 0 Å². The van der Waals surface area contributed by atoms with Crippen LogP contribution in [0.15, 0.2) is 11.4 Å². The topological polar surface area (TPSA) is 49.2 Å². The SMILES string of the molecule is OCC1CCCN(c2nc(Cl)nc3sccc23)C1. The molecular weight excluding hydrogens is 270 g/mol. The molecule has 0 amide bonds. The van der Waals surface area contributed by atoms with E-state index in [1.807, 2.05) is 11.4 Å². The number of hydrogen-bond acceptors (Lipinski definition) is 5. The lowest BCUT2D eigenvalue weighted by Crippen LogP contribution is -2.37. The first-order valence-corrected chi connectivity index (χ1v) is 7.30. The third kappa shape index (κ3) is 2.18. The Morgan fingerprint density at radius 3 is 3.22 bits per heavy atom. The van der Waals surface area contributed by atoms with E-state index in [-0.39, 0.29) is 6.61 Å². The Kier molecular flexibility index (Phi) is 3.37. The summed E-state index contributed by atoms with van der Waals surface area (Å²) in [6, 6.07) is 2.04. The van der Waals surface area contributed by atoms with Crippen LogP contribution in [-0.4, -0.2) is 34.8 Å². The van der Waals surface area contributed by atoms with Crippen LogP contribution in [0, 0.1) is 5.92 Å². The first-order chi connectivity index (χ1) is 8.78. The molecule has 6 heteroatoms. The molecule has 1 atom stereocenters. The highest BCUT2D eigenvalue weighted by atomic mass is 35.5. The average Bonchev–Trinajstić information content (AvgIpc) is 2.85. The summed E-state index contributed by atoms with van der Waals surface area (Å²) < 4.78 is 0. The Morgan fingerprint density at radius 2 is 2.39 bits per heavy atom. The molecule has 0 radical (unpaired) electrons. The Balaban J connectivity index is 2.00. The van der Waals surface area contributed by atoms with Gasteiger partial charge >= 0.3 is 0 Å². The lowest BCUT2D eigenvalue weighted by molar-refractivity contribution is 0.208. The molecule has 0 bridgehead atoms. The van der Waals surface area contributed by atoms with Crippen molar-refractivity contribution in [1.82, 2.24) is 9.97 Å². The highest BCUT2D eigenvalue weighted by Gasteiger charge is 2.22. The molecule has 1 fully saturated rings. The zero-order chi connectivity index (χ0) is 12.5. The first kappa shape index (κ1) is 12.1. The molecule has 1 unspecified atom stereocenters. The summed E-state index contributed by atoms with van der Waals surface area (Å²) in [4.78, 5) is 11.7. The van der Waals surface area contributed by atoms with E-state index in [0.717, 1.165) is 42.0 Å². The van der Waals surface area contributed by atoms with Crippen molar-refractivity contribution in [3.63, 3.8) is 0 Å². The number of nitrogens with zero attached hydrogens (tertiary/aromatic N) is 3. The van der Waals surface area contributed by atoms with Crippen LogP contribution in [0.1, 0.15) is 12.8 Å². The van der Waals surface area contributed by atoms with Crippen LogP contribution in [0.25, 0.3) is 10.2 Å². The van der Waals surface area contributed by atoms with Gasteiger partial charge in [-0.1, -0.05) is 0 Å². The zero-order valence-electron chi connectivity index (χ0n) is 9.84. The molecule has 0 spiro atoms. The largest absolute Gasteiger partial charge is 0.396 e. The minimum Gasteiger partial charge on any atom is -0.396 e. The van der Waals surface area contributed by atoms with Gasteiger partial charge in [0.15, 0.2) is 0 Å². The van der Waals surface area contributed by atoms with Crippen molar-refractivity contribution in [1.29, 1.82) is 0 Å². The number of piperidine rings is 1. The maximum Gasteiger partial charge on any atom is 0.225 e. The van der Waals surface area contributed by atoms with Gasteiger partial charge in [0.2, 0.25) is 5.28 Å². The van der Waals surface area contributed by atoms with Crippen LogP contribution in [-0.2, 0) is 0 Å². The van der Waals surface area contributed by atoms with E-state index in [2.05, 4.69) is 14.9 Å². The van der Waals surface area contributed by atoms with Crippen LogP contribution >= 0.6 is 22.9 Å². The van der Waals surface area contributed by atoms with E-state index in [1.54, 1.807) is 11.3 Å². The minimum atomic E-state index is 0.238. The maximum atomic E-state index is 9.30. The summed E-state index contributed by atoms with van der Waals surface area (Å²) in [6.45, 7) is 2.05. The number of hydrogen-bond donors (Lipinski definition) is 1. The van der Waals surface area contributed by atoms with Gasteiger partial charge in [0.05, 0.1) is 5.39 Å². The van der Waals surface area contributed by atoms with Crippen molar-refractivity contribution in [2.24, 2.45) is 5.92 Å². The van der Waals surface area contributed by atoms with E-state index in [4.69, 9.17) is 11.6 Å². The molecule has 1 N–H and O–H groups in total. The quantitative estimate of drug-likeness (QED) is 0.861. The molecule has 0 aliphatic carbocycles. The second kappa shape index (κ2) is 4.99. The predicted octanol–water partition coefficient (Wildman–Crippen LogP) is 2.55. The fraction of sp³-hybridized carbons (Fsp3) is 0.500. The molecule has 3 heterocycles. The van der Waals surface area contributed by atoms with Gasteiger partial charge in [0, 0.05) is 19.7 Å². The number of aliphatic hydroxyl groups is 1. The van der Waals surface area contributed by atoms with Crippen molar-refractivity contribution in [2.75, 3.05) is 24.6 Å². The molecule has 4 nitrogen and oxygen atoms in total. The average molecular weight is 284 g/mol. The van der Waals surface area contributed by atoms with E-state index in [0.29, 0.717) is 11.2 Å². The molecule has 18 heavy (non-hydrogen) atoms. The summed E-state index contributed by atoms with van der Waals surface area (Å²) >= 11 is 7.55. The molecule has 1 saturated heterocycles. The molecule has 2 aromatic heterocycles. The van der Waals surface area contributed by atoms with Gasteiger partial charge in [-0.05, 0) is 41.8 Å². The fourth-order valence-electron chi connectivity index (χ4n) is 2.46. The van der Waals surface area contributed by atoms with Crippen molar-refractivity contribution in [2.45, 2.75) is 12.8 Å². The summed E-state index contributed by atoms with van der Waals surface area (Å²) in [5.41, 5.74) is 0. The number of fused-ring (bicyclic) bond motifs is 1. The number of anilines is 1. The van der Waals surface area contributed by atoms with Crippen LogP contribution < -0.4 is 4.90 Å². The molecular formula is C12H14ClN3OS. The molecule has 2 aromatic rings. The number of rotatable bonds is 2. The third-order valence-electron chi connectivity index (χ3n) is 3.35. The number of aliphatic hydroxyl groups excluding tert-OH is 1. The minimum absolute atomic E-state index is 0.238. The summed E-state index contributed by atoms with van der Waals surface area (Å²) in [5, 5.41) is 12.7. The number of halogens is 1. The molecule has 0 aromatic carbocycles.